The SMILES string of the molecule is O=S(c1cccc2[nH]cc(CCN3CC[C@H](OC(F)F)C3)c12)C1Cc2ccccc2C1. The van der Waals surface area contributed by atoms with Crippen LogP contribution < -0.4 is 0 Å². The first kappa shape index (κ1) is 20.8. The Kier molecular flexibility index (Phi) is 5.91. The van der Waals surface area contributed by atoms with E-state index in [4.69, 9.17) is 0 Å². The minimum absolute atomic E-state index is 0.0941. The number of rotatable bonds is 7. The molecule has 1 aliphatic carbocycles. The summed E-state index contributed by atoms with van der Waals surface area (Å²) in [6.45, 7) is -0.644. The zero-order valence-electron chi connectivity index (χ0n) is 17.2. The van der Waals surface area contributed by atoms with Gasteiger partial charge in [-0.1, -0.05) is 30.3 Å². The molecule has 31 heavy (non-hydrogen) atoms. The number of likely N-dealkylation sites (tertiary alicyclic amines) is 1. The summed E-state index contributed by atoms with van der Waals surface area (Å²) in [7, 11) is -1.10. The number of hydrogen-bond donors (Lipinski definition) is 1. The minimum Gasteiger partial charge on any atom is -0.361 e. The summed E-state index contributed by atoms with van der Waals surface area (Å²) >= 11 is 0. The second-order valence-corrected chi connectivity index (χ2v) is 10.1. The molecule has 164 valence electrons. The fourth-order valence-electron chi connectivity index (χ4n) is 4.97. The Balaban J connectivity index is 1.32. The van der Waals surface area contributed by atoms with Gasteiger partial charge in [0.15, 0.2) is 0 Å². The zero-order chi connectivity index (χ0) is 21.4. The van der Waals surface area contributed by atoms with Crippen molar-refractivity contribution in [3.63, 3.8) is 0 Å². The van der Waals surface area contributed by atoms with E-state index in [9.17, 15) is 13.0 Å². The molecule has 1 aliphatic heterocycles. The molecule has 2 aliphatic rings. The van der Waals surface area contributed by atoms with Crippen molar-refractivity contribution in [3.05, 3.63) is 65.4 Å². The molecule has 3 aromatic rings. The Labute approximate surface area is 183 Å². The maximum Gasteiger partial charge on any atom is 0.345 e. The normalized spacial score (nSPS) is 20.7. The van der Waals surface area contributed by atoms with Gasteiger partial charge in [-0.25, -0.2) is 0 Å². The number of nitrogens with zero attached hydrogens (tertiary/aromatic N) is 1. The number of benzene rings is 2. The molecule has 0 saturated carbocycles. The molecule has 0 amide bonds. The highest BCUT2D eigenvalue weighted by Crippen LogP contribution is 2.32. The van der Waals surface area contributed by atoms with Crippen molar-refractivity contribution in [2.75, 3.05) is 19.6 Å². The predicted molar refractivity (Wildman–Crippen MR) is 118 cm³/mol. The molecule has 2 atom stereocenters. The Morgan fingerprint density at radius 1 is 1.13 bits per heavy atom. The lowest BCUT2D eigenvalue weighted by molar-refractivity contribution is -0.158. The Morgan fingerprint density at radius 3 is 2.65 bits per heavy atom. The maximum absolute atomic E-state index is 13.6. The number of ether oxygens (including phenoxy) is 1. The average molecular weight is 445 g/mol. The quantitative estimate of drug-likeness (QED) is 0.591. The van der Waals surface area contributed by atoms with Gasteiger partial charge in [-0.05, 0) is 54.5 Å². The highest BCUT2D eigenvalue weighted by atomic mass is 32.2. The largest absolute Gasteiger partial charge is 0.361 e. The monoisotopic (exact) mass is 444 g/mol. The maximum atomic E-state index is 13.6. The number of fused-ring (bicyclic) bond motifs is 2. The first-order valence-corrected chi connectivity index (χ1v) is 12.0. The Hall–Kier alpha value is -2.09. The second-order valence-electron chi connectivity index (χ2n) is 8.45. The summed E-state index contributed by atoms with van der Waals surface area (Å²) in [6.07, 6.45) is 4.71. The van der Waals surface area contributed by atoms with Crippen LogP contribution in [0.4, 0.5) is 8.78 Å². The first-order valence-electron chi connectivity index (χ1n) is 10.8. The number of halogens is 2. The van der Waals surface area contributed by atoms with Gasteiger partial charge in [-0.3, -0.25) is 4.21 Å². The van der Waals surface area contributed by atoms with Crippen LogP contribution in [0.25, 0.3) is 10.9 Å². The summed E-state index contributed by atoms with van der Waals surface area (Å²) in [4.78, 5) is 6.39. The van der Waals surface area contributed by atoms with Gasteiger partial charge in [-0.15, -0.1) is 0 Å². The van der Waals surface area contributed by atoms with Crippen LogP contribution in [-0.2, 0) is 34.8 Å². The molecule has 7 heteroatoms. The highest BCUT2D eigenvalue weighted by Gasteiger charge is 2.29. The third kappa shape index (κ3) is 4.31. The Morgan fingerprint density at radius 2 is 1.90 bits per heavy atom. The summed E-state index contributed by atoms with van der Waals surface area (Å²) in [5, 5.41) is 1.15. The summed E-state index contributed by atoms with van der Waals surface area (Å²) in [5.74, 6) is 0. The van der Waals surface area contributed by atoms with E-state index in [2.05, 4.69) is 26.8 Å². The van der Waals surface area contributed by atoms with E-state index < -0.39 is 23.5 Å². The third-order valence-corrected chi connectivity index (χ3v) is 8.22. The molecule has 2 heterocycles. The third-order valence-electron chi connectivity index (χ3n) is 6.50. The number of alkyl halides is 2. The number of nitrogens with one attached hydrogen (secondary N) is 1. The van der Waals surface area contributed by atoms with Crippen LogP contribution in [0.3, 0.4) is 0 Å². The molecular formula is C24H26F2N2O2S. The summed E-state index contributed by atoms with van der Waals surface area (Å²) < 4.78 is 43.2. The van der Waals surface area contributed by atoms with Gasteiger partial charge in [0.1, 0.15) is 0 Å². The number of hydrogen-bond acceptors (Lipinski definition) is 3. The van der Waals surface area contributed by atoms with Gasteiger partial charge in [0.2, 0.25) is 0 Å². The molecule has 1 saturated heterocycles. The molecule has 5 rings (SSSR count). The van der Waals surface area contributed by atoms with Crippen LogP contribution in [0.15, 0.2) is 53.6 Å². The van der Waals surface area contributed by atoms with Crippen LogP contribution in [0.5, 0.6) is 0 Å². The van der Waals surface area contributed by atoms with E-state index in [-0.39, 0.29) is 5.25 Å². The van der Waals surface area contributed by atoms with E-state index in [0.717, 1.165) is 53.7 Å². The first-order chi connectivity index (χ1) is 15.1. The van der Waals surface area contributed by atoms with Gasteiger partial charge >= 0.3 is 6.61 Å². The van der Waals surface area contributed by atoms with Gasteiger partial charge < -0.3 is 14.6 Å². The average Bonchev–Trinajstić information content (AvgIpc) is 3.49. The van der Waals surface area contributed by atoms with Crippen molar-refractivity contribution in [2.24, 2.45) is 0 Å². The van der Waals surface area contributed by atoms with E-state index in [1.807, 2.05) is 36.5 Å². The van der Waals surface area contributed by atoms with E-state index in [0.29, 0.717) is 13.0 Å². The van der Waals surface area contributed by atoms with E-state index in [1.165, 1.54) is 11.1 Å². The van der Waals surface area contributed by atoms with Crippen LogP contribution in [-0.4, -0.2) is 51.7 Å². The molecule has 1 fully saturated rings. The molecule has 0 radical (unpaired) electrons. The number of aromatic amines is 1. The fraction of sp³-hybridized carbons (Fsp3) is 0.417. The number of H-pyrrole nitrogens is 1. The molecule has 2 aromatic carbocycles. The van der Waals surface area contributed by atoms with E-state index >= 15 is 0 Å². The lowest BCUT2D eigenvalue weighted by Crippen LogP contribution is -2.26. The highest BCUT2D eigenvalue weighted by molar-refractivity contribution is 7.86. The molecule has 0 spiro atoms. The fourth-order valence-corrected chi connectivity index (χ4v) is 6.65. The van der Waals surface area contributed by atoms with Crippen LogP contribution in [0.2, 0.25) is 0 Å². The van der Waals surface area contributed by atoms with E-state index in [1.54, 1.807) is 0 Å². The van der Waals surface area contributed by atoms with Crippen molar-refractivity contribution < 1.29 is 17.7 Å². The summed E-state index contributed by atoms with van der Waals surface area (Å²) in [6, 6.07) is 14.3. The standard InChI is InChI=1S/C24H26F2N2O2S/c25-24(26)30-19-9-11-28(15-19)10-8-18-14-27-21-6-3-7-22(23(18)21)31(29)20-12-16-4-1-2-5-17(16)13-20/h1-7,14,19-20,24,27H,8-13,15H2/t19-,31?/m0/s1. The lowest BCUT2D eigenvalue weighted by atomic mass is 10.1. The van der Waals surface area contributed by atoms with Gasteiger partial charge in [0, 0.05) is 46.9 Å². The van der Waals surface area contributed by atoms with Crippen molar-refractivity contribution >= 4 is 21.7 Å². The predicted octanol–water partition coefficient (Wildman–Crippen LogP) is 4.30. The van der Waals surface area contributed by atoms with Crippen molar-refractivity contribution in [1.29, 1.82) is 0 Å². The Bertz CT molecular complexity index is 1080. The number of aromatic nitrogens is 1. The molecule has 1 N–H and O–H groups in total. The summed E-state index contributed by atoms with van der Waals surface area (Å²) in [5.41, 5.74) is 4.73. The van der Waals surface area contributed by atoms with Gasteiger partial charge in [-0.2, -0.15) is 8.78 Å². The molecule has 1 aromatic heterocycles. The molecule has 0 bridgehead atoms. The van der Waals surface area contributed by atoms with Crippen LogP contribution in [0, 0.1) is 0 Å². The molecular weight excluding hydrogens is 418 g/mol. The van der Waals surface area contributed by atoms with Crippen molar-refractivity contribution in [2.45, 2.75) is 48.5 Å². The lowest BCUT2D eigenvalue weighted by Gasteiger charge is -2.16. The van der Waals surface area contributed by atoms with Crippen molar-refractivity contribution in [1.82, 2.24) is 9.88 Å². The smallest absolute Gasteiger partial charge is 0.345 e. The van der Waals surface area contributed by atoms with Gasteiger partial charge in [0.05, 0.1) is 16.9 Å². The van der Waals surface area contributed by atoms with Crippen LogP contribution >= 0.6 is 0 Å². The zero-order valence-corrected chi connectivity index (χ0v) is 18.0. The van der Waals surface area contributed by atoms with Crippen LogP contribution in [0.1, 0.15) is 23.1 Å². The minimum atomic E-state index is -2.71. The van der Waals surface area contributed by atoms with Crippen molar-refractivity contribution in [3.8, 4) is 0 Å². The molecule has 4 nitrogen and oxygen atoms in total. The topological polar surface area (TPSA) is 45.3 Å². The second kappa shape index (κ2) is 8.81. The van der Waals surface area contributed by atoms with Gasteiger partial charge in [0.25, 0.3) is 0 Å². The molecule has 1 unspecified atom stereocenters.